The molecule has 33 heavy (non-hydrogen) atoms. The van der Waals surface area contributed by atoms with Crippen LogP contribution in [0.1, 0.15) is 47.1 Å². The van der Waals surface area contributed by atoms with Crippen molar-refractivity contribution in [2.75, 3.05) is 11.1 Å². The van der Waals surface area contributed by atoms with Gasteiger partial charge in [-0.25, -0.2) is 18.7 Å². The Kier molecular flexibility index (Phi) is 6.34. The second kappa shape index (κ2) is 9.35. The van der Waals surface area contributed by atoms with Gasteiger partial charge in [0.2, 0.25) is 5.91 Å². The zero-order valence-electron chi connectivity index (χ0n) is 18.0. The van der Waals surface area contributed by atoms with Crippen LogP contribution in [0.5, 0.6) is 0 Å². The highest BCUT2D eigenvalue weighted by Gasteiger charge is 2.31. The number of pyridine rings is 1. The summed E-state index contributed by atoms with van der Waals surface area (Å²) in [5.41, 5.74) is 7.26. The van der Waals surface area contributed by atoms with Crippen molar-refractivity contribution in [3.8, 4) is 0 Å². The number of halogens is 2. The van der Waals surface area contributed by atoms with Crippen molar-refractivity contribution in [1.82, 2.24) is 19.9 Å². The van der Waals surface area contributed by atoms with Gasteiger partial charge in [-0.05, 0) is 30.5 Å². The number of anilines is 2. The number of nitrogens with two attached hydrogens (primary N) is 1. The Bertz CT molecular complexity index is 1240. The zero-order chi connectivity index (χ0) is 23.5. The standard InChI is InChI=1S/C23H24F2N6O2/c1-13-14(6-8-19(26)30-13)10-29-22(32)18-7-9-20-28-12-17(23(33)31(18)20)27-11-15-4-2-3-5-16(15)21(24)25/h2-6,8,12,18,21,27H,7,9-11H2,1H3,(H2,26,30)(H,29,32). The molecule has 0 saturated heterocycles. The zero-order valence-corrected chi connectivity index (χ0v) is 18.0. The molecule has 1 unspecified atom stereocenters. The van der Waals surface area contributed by atoms with E-state index < -0.39 is 18.0 Å². The fourth-order valence-corrected chi connectivity index (χ4v) is 3.97. The number of aryl methyl sites for hydroxylation is 2. The van der Waals surface area contributed by atoms with Crippen LogP contribution in [-0.4, -0.2) is 20.4 Å². The monoisotopic (exact) mass is 454 g/mol. The average Bonchev–Trinajstić information content (AvgIpc) is 3.23. The van der Waals surface area contributed by atoms with Crippen molar-refractivity contribution in [1.29, 1.82) is 0 Å². The first-order valence-electron chi connectivity index (χ1n) is 10.5. The molecule has 1 atom stereocenters. The Morgan fingerprint density at radius 2 is 2.00 bits per heavy atom. The number of nitrogens with zero attached hydrogens (tertiary/aromatic N) is 3. The predicted octanol–water partition coefficient (Wildman–Crippen LogP) is 2.88. The van der Waals surface area contributed by atoms with Crippen LogP contribution in [0, 0.1) is 6.92 Å². The molecule has 4 rings (SSSR count). The summed E-state index contributed by atoms with van der Waals surface area (Å²) in [5, 5.41) is 5.76. The topological polar surface area (TPSA) is 115 Å². The van der Waals surface area contributed by atoms with Crippen molar-refractivity contribution in [2.45, 2.75) is 45.3 Å². The predicted molar refractivity (Wildman–Crippen MR) is 120 cm³/mol. The van der Waals surface area contributed by atoms with E-state index in [1.165, 1.54) is 16.8 Å². The van der Waals surface area contributed by atoms with Crippen molar-refractivity contribution in [3.63, 3.8) is 0 Å². The van der Waals surface area contributed by atoms with Crippen molar-refractivity contribution < 1.29 is 13.6 Å². The number of aromatic nitrogens is 3. The number of carbonyl (C=O) groups is 1. The lowest BCUT2D eigenvalue weighted by Crippen LogP contribution is -2.36. The van der Waals surface area contributed by atoms with Gasteiger partial charge >= 0.3 is 0 Å². The normalized spacial score (nSPS) is 14.8. The van der Waals surface area contributed by atoms with Crippen molar-refractivity contribution in [2.24, 2.45) is 0 Å². The van der Waals surface area contributed by atoms with E-state index in [1.54, 1.807) is 37.3 Å². The largest absolute Gasteiger partial charge is 0.384 e. The fraction of sp³-hybridized carbons (Fsp3) is 0.304. The quantitative estimate of drug-likeness (QED) is 0.506. The molecule has 0 fully saturated rings. The SMILES string of the molecule is Cc1nc(N)ccc1CNC(=O)C1CCc2ncc(NCc3ccccc3C(F)F)c(=O)n21. The van der Waals surface area contributed by atoms with Crippen LogP contribution < -0.4 is 21.9 Å². The first-order chi connectivity index (χ1) is 15.8. The average molecular weight is 454 g/mol. The van der Waals surface area contributed by atoms with Gasteiger partial charge in [0.1, 0.15) is 23.4 Å². The summed E-state index contributed by atoms with van der Waals surface area (Å²) in [6, 6.07) is 8.91. The maximum Gasteiger partial charge on any atom is 0.277 e. The molecule has 0 saturated carbocycles. The molecule has 1 aromatic carbocycles. The van der Waals surface area contributed by atoms with E-state index in [0.717, 1.165) is 11.3 Å². The van der Waals surface area contributed by atoms with Gasteiger partial charge in [-0.15, -0.1) is 0 Å². The number of rotatable bonds is 7. The Morgan fingerprint density at radius 3 is 2.76 bits per heavy atom. The summed E-state index contributed by atoms with van der Waals surface area (Å²) in [6.07, 6.45) is -0.284. The van der Waals surface area contributed by atoms with Crippen LogP contribution in [0.15, 0.2) is 47.4 Å². The minimum atomic E-state index is -2.62. The first-order valence-corrected chi connectivity index (χ1v) is 10.5. The molecule has 2 aromatic heterocycles. The molecule has 8 nitrogen and oxygen atoms in total. The molecular weight excluding hydrogens is 430 g/mol. The number of amides is 1. The molecule has 4 N–H and O–H groups in total. The number of carbonyl (C=O) groups excluding carboxylic acids is 1. The van der Waals surface area contributed by atoms with E-state index in [4.69, 9.17) is 5.73 Å². The van der Waals surface area contributed by atoms with Crippen LogP contribution in [0.2, 0.25) is 0 Å². The molecule has 1 aliphatic heterocycles. The highest BCUT2D eigenvalue weighted by atomic mass is 19.3. The van der Waals surface area contributed by atoms with E-state index in [-0.39, 0.29) is 30.2 Å². The van der Waals surface area contributed by atoms with Crippen molar-refractivity contribution in [3.05, 3.63) is 81.2 Å². The third-order valence-corrected chi connectivity index (χ3v) is 5.76. The van der Waals surface area contributed by atoms with Gasteiger partial charge in [0.05, 0.1) is 6.20 Å². The van der Waals surface area contributed by atoms with Crippen LogP contribution in [0.25, 0.3) is 0 Å². The molecule has 10 heteroatoms. The first kappa shape index (κ1) is 22.4. The van der Waals surface area contributed by atoms with E-state index in [0.29, 0.717) is 30.0 Å². The van der Waals surface area contributed by atoms with E-state index in [2.05, 4.69) is 20.6 Å². The Labute approximate surface area is 188 Å². The van der Waals surface area contributed by atoms with Gasteiger partial charge in [-0.1, -0.05) is 30.3 Å². The fourth-order valence-electron chi connectivity index (χ4n) is 3.97. The molecule has 3 aromatic rings. The lowest BCUT2D eigenvalue weighted by Gasteiger charge is -2.16. The smallest absolute Gasteiger partial charge is 0.277 e. The Balaban J connectivity index is 1.49. The van der Waals surface area contributed by atoms with E-state index in [9.17, 15) is 18.4 Å². The van der Waals surface area contributed by atoms with Crippen molar-refractivity contribution >= 4 is 17.4 Å². The third kappa shape index (κ3) is 4.69. The molecular formula is C23H24F2N6O2. The van der Waals surface area contributed by atoms with E-state index >= 15 is 0 Å². The lowest BCUT2D eigenvalue weighted by molar-refractivity contribution is -0.124. The molecule has 172 valence electrons. The van der Waals surface area contributed by atoms with Gasteiger partial charge in [0, 0.05) is 30.8 Å². The molecule has 0 aliphatic carbocycles. The molecule has 1 amide bonds. The Hall–Kier alpha value is -3.82. The summed E-state index contributed by atoms with van der Waals surface area (Å²) in [5.74, 6) is 0.624. The van der Waals surface area contributed by atoms with Crippen LogP contribution in [0.3, 0.4) is 0 Å². The van der Waals surface area contributed by atoms with Gasteiger partial charge in [0.25, 0.3) is 12.0 Å². The second-order valence-electron chi connectivity index (χ2n) is 7.87. The van der Waals surface area contributed by atoms with E-state index in [1.807, 2.05) is 0 Å². The molecule has 0 bridgehead atoms. The number of hydrogen-bond acceptors (Lipinski definition) is 6. The van der Waals surface area contributed by atoms with Crippen LogP contribution in [-0.2, 0) is 24.3 Å². The van der Waals surface area contributed by atoms with Gasteiger partial charge < -0.3 is 16.4 Å². The second-order valence-corrected chi connectivity index (χ2v) is 7.87. The van der Waals surface area contributed by atoms with Gasteiger partial charge in [-0.3, -0.25) is 14.2 Å². The minimum absolute atomic E-state index is 0.0387. The molecule has 0 radical (unpaired) electrons. The third-order valence-electron chi connectivity index (χ3n) is 5.76. The number of nitrogens with one attached hydrogen (secondary N) is 2. The Morgan fingerprint density at radius 1 is 1.21 bits per heavy atom. The summed E-state index contributed by atoms with van der Waals surface area (Å²) >= 11 is 0. The summed E-state index contributed by atoms with van der Waals surface area (Å²) < 4.78 is 27.8. The lowest BCUT2D eigenvalue weighted by atomic mass is 10.1. The number of hydrogen-bond donors (Lipinski definition) is 3. The number of nitrogen functional groups attached to an aromatic ring is 1. The number of fused-ring (bicyclic) bond motifs is 1. The summed E-state index contributed by atoms with van der Waals surface area (Å²) in [6.45, 7) is 2.10. The van der Waals surface area contributed by atoms with Gasteiger partial charge in [-0.2, -0.15) is 0 Å². The highest BCUT2D eigenvalue weighted by Crippen LogP contribution is 2.25. The molecule has 0 spiro atoms. The maximum atomic E-state index is 13.2. The summed E-state index contributed by atoms with van der Waals surface area (Å²) in [7, 11) is 0. The highest BCUT2D eigenvalue weighted by molar-refractivity contribution is 5.81. The van der Waals surface area contributed by atoms with Gasteiger partial charge in [0.15, 0.2) is 0 Å². The summed E-state index contributed by atoms with van der Waals surface area (Å²) in [4.78, 5) is 34.5. The number of benzene rings is 1. The van der Waals surface area contributed by atoms with Crippen LogP contribution >= 0.6 is 0 Å². The maximum absolute atomic E-state index is 13.2. The van der Waals surface area contributed by atoms with Crippen LogP contribution in [0.4, 0.5) is 20.3 Å². The molecule has 1 aliphatic rings. The minimum Gasteiger partial charge on any atom is -0.384 e. The number of alkyl halides is 2. The molecule has 3 heterocycles.